The second kappa shape index (κ2) is 8.61. The van der Waals surface area contributed by atoms with Gasteiger partial charge in [0, 0.05) is 19.3 Å². The summed E-state index contributed by atoms with van der Waals surface area (Å²) in [6, 6.07) is 0. The van der Waals surface area contributed by atoms with E-state index < -0.39 is 15.7 Å². The van der Waals surface area contributed by atoms with Crippen molar-refractivity contribution in [2.24, 2.45) is 0 Å². The van der Waals surface area contributed by atoms with E-state index in [0.717, 1.165) is 0 Å². The Kier molecular flexibility index (Phi) is 6.51. The van der Waals surface area contributed by atoms with Crippen LogP contribution in [0.1, 0.15) is 17.3 Å². The maximum atomic E-state index is 12.2. The van der Waals surface area contributed by atoms with Crippen molar-refractivity contribution in [3.8, 4) is 0 Å². The topological polar surface area (TPSA) is 101 Å². The van der Waals surface area contributed by atoms with E-state index in [-0.39, 0.29) is 37.0 Å². The quantitative estimate of drug-likeness (QED) is 0.725. The minimum Gasteiger partial charge on any atom is -0.343 e. The molecule has 0 aliphatic carbocycles. The molecule has 1 aromatic rings. The first-order valence-corrected chi connectivity index (χ1v) is 9.95. The molecule has 8 nitrogen and oxygen atoms in total. The fraction of sp³-hybridized carbons (Fsp3) is 0.353. The van der Waals surface area contributed by atoms with Crippen molar-refractivity contribution in [3.63, 3.8) is 0 Å². The average molecular weight is 378 g/mol. The highest BCUT2D eigenvalue weighted by atomic mass is 32.2. The molecular formula is C17H22N4O4S. The zero-order chi connectivity index (χ0) is 19.2. The van der Waals surface area contributed by atoms with E-state index in [9.17, 15) is 18.0 Å². The van der Waals surface area contributed by atoms with Crippen LogP contribution in [0.25, 0.3) is 5.70 Å². The minimum atomic E-state index is -3.05. The minimum absolute atomic E-state index is 0.0394. The van der Waals surface area contributed by atoms with Crippen LogP contribution >= 0.6 is 0 Å². The first-order valence-electron chi connectivity index (χ1n) is 8.13. The van der Waals surface area contributed by atoms with Crippen LogP contribution in [0.4, 0.5) is 0 Å². The standard InChI is InChI=1S/C17H22N4O4S/c1-3-5-6-15(4-2)21-13-14(11-19-21)17(23)18-12-16(22)20-7-9-26(24,25)10-8-20/h3-6,11,13H,2,7-10,12H2,1H3,(H,18,23)/b5-3-,15-6+. The fourth-order valence-electron chi connectivity index (χ4n) is 2.35. The van der Waals surface area contributed by atoms with Crippen molar-refractivity contribution in [2.45, 2.75) is 6.92 Å². The van der Waals surface area contributed by atoms with Crippen molar-refractivity contribution in [1.82, 2.24) is 20.0 Å². The number of aromatic nitrogens is 2. The number of nitrogens with one attached hydrogen (secondary N) is 1. The number of carbonyl (C=O) groups excluding carboxylic acids is 2. The highest BCUT2D eigenvalue weighted by Gasteiger charge is 2.25. The lowest BCUT2D eigenvalue weighted by Crippen LogP contribution is -2.47. The lowest BCUT2D eigenvalue weighted by molar-refractivity contribution is -0.129. The molecule has 0 saturated carbocycles. The van der Waals surface area contributed by atoms with Crippen LogP contribution in [0, 0.1) is 0 Å². The summed E-state index contributed by atoms with van der Waals surface area (Å²) in [6.07, 6.45) is 10.1. The van der Waals surface area contributed by atoms with E-state index in [0.29, 0.717) is 11.3 Å². The van der Waals surface area contributed by atoms with E-state index in [1.54, 1.807) is 18.3 Å². The van der Waals surface area contributed by atoms with E-state index in [1.807, 2.05) is 19.1 Å². The van der Waals surface area contributed by atoms with Crippen molar-refractivity contribution in [1.29, 1.82) is 0 Å². The molecule has 140 valence electrons. The Bertz CT molecular complexity index is 838. The second-order valence-electron chi connectivity index (χ2n) is 5.71. The molecule has 1 fully saturated rings. The van der Waals surface area contributed by atoms with Gasteiger partial charge in [-0.25, -0.2) is 13.1 Å². The first-order chi connectivity index (χ1) is 12.4. The molecule has 0 bridgehead atoms. The molecule has 0 aromatic carbocycles. The lowest BCUT2D eigenvalue weighted by atomic mass is 10.3. The van der Waals surface area contributed by atoms with Gasteiger partial charge < -0.3 is 10.2 Å². The highest BCUT2D eigenvalue weighted by Crippen LogP contribution is 2.08. The van der Waals surface area contributed by atoms with Crippen LogP contribution in [0.3, 0.4) is 0 Å². The van der Waals surface area contributed by atoms with Crippen LogP contribution < -0.4 is 5.32 Å². The number of hydrogen-bond donors (Lipinski definition) is 1. The summed E-state index contributed by atoms with van der Waals surface area (Å²) in [4.78, 5) is 25.7. The molecule has 1 saturated heterocycles. The Morgan fingerprint density at radius 2 is 2.04 bits per heavy atom. The molecule has 1 aromatic heterocycles. The van der Waals surface area contributed by atoms with Crippen molar-refractivity contribution in [2.75, 3.05) is 31.1 Å². The molecule has 1 aliphatic rings. The molecular weight excluding hydrogens is 356 g/mol. The van der Waals surface area contributed by atoms with E-state index >= 15 is 0 Å². The van der Waals surface area contributed by atoms with Gasteiger partial charge in [0.2, 0.25) is 5.91 Å². The van der Waals surface area contributed by atoms with Crippen molar-refractivity contribution >= 4 is 27.3 Å². The fourth-order valence-corrected chi connectivity index (χ4v) is 3.55. The third-order valence-corrected chi connectivity index (χ3v) is 5.48. The highest BCUT2D eigenvalue weighted by molar-refractivity contribution is 7.91. The zero-order valence-corrected chi connectivity index (χ0v) is 15.4. The van der Waals surface area contributed by atoms with Gasteiger partial charge >= 0.3 is 0 Å². The summed E-state index contributed by atoms with van der Waals surface area (Å²) < 4.78 is 24.3. The normalized spacial score (nSPS) is 17.3. The van der Waals surface area contributed by atoms with E-state index in [4.69, 9.17) is 0 Å². The van der Waals surface area contributed by atoms with Crippen LogP contribution in [-0.4, -0.2) is 66.1 Å². The first kappa shape index (κ1) is 19.6. The van der Waals surface area contributed by atoms with E-state index in [1.165, 1.54) is 15.8 Å². The van der Waals surface area contributed by atoms with Gasteiger partial charge in [0.25, 0.3) is 5.91 Å². The number of amides is 2. The molecule has 0 spiro atoms. The second-order valence-corrected chi connectivity index (χ2v) is 8.01. The zero-order valence-electron chi connectivity index (χ0n) is 14.6. The Morgan fingerprint density at radius 1 is 1.35 bits per heavy atom. The third kappa shape index (κ3) is 5.16. The number of allylic oxidation sites excluding steroid dienone is 5. The van der Waals surface area contributed by atoms with Crippen molar-refractivity contribution < 1.29 is 18.0 Å². The molecule has 1 aliphatic heterocycles. The summed E-state index contributed by atoms with van der Waals surface area (Å²) in [6.45, 7) is 5.72. The third-order valence-electron chi connectivity index (χ3n) is 3.88. The summed E-state index contributed by atoms with van der Waals surface area (Å²) in [7, 11) is -3.05. The summed E-state index contributed by atoms with van der Waals surface area (Å²) in [5.41, 5.74) is 1.01. The Balaban J connectivity index is 1.92. The summed E-state index contributed by atoms with van der Waals surface area (Å²) >= 11 is 0. The molecule has 2 rings (SSSR count). The van der Waals surface area contributed by atoms with Crippen LogP contribution in [0.5, 0.6) is 0 Å². The van der Waals surface area contributed by atoms with Gasteiger partial charge in [0.1, 0.15) is 0 Å². The van der Waals surface area contributed by atoms with Crippen LogP contribution in [0.2, 0.25) is 0 Å². The molecule has 2 heterocycles. The number of sulfone groups is 1. The molecule has 26 heavy (non-hydrogen) atoms. The van der Waals surface area contributed by atoms with E-state index in [2.05, 4.69) is 17.0 Å². The van der Waals surface area contributed by atoms with Gasteiger partial charge in [-0.2, -0.15) is 5.10 Å². The lowest BCUT2D eigenvalue weighted by Gasteiger charge is -2.26. The smallest absolute Gasteiger partial charge is 0.254 e. The van der Waals surface area contributed by atoms with Gasteiger partial charge in [-0.15, -0.1) is 0 Å². The number of rotatable bonds is 6. The SMILES string of the molecule is C=C/C(=C\C=C/C)n1cc(C(=O)NCC(=O)N2CCS(=O)(=O)CC2)cn1. The van der Waals surface area contributed by atoms with Gasteiger partial charge in [-0.1, -0.05) is 18.7 Å². The molecule has 2 amide bonds. The number of hydrogen-bond acceptors (Lipinski definition) is 5. The molecule has 0 unspecified atom stereocenters. The Hall–Kier alpha value is -2.68. The Labute approximate surface area is 152 Å². The summed E-state index contributed by atoms with van der Waals surface area (Å²) in [5, 5.41) is 6.65. The van der Waals surface area contributed by atoms with Crippen LogP contribution in [0.15, 0.2) is 43.3 Å². The average Bonchev–Trinajstić information content (AvgIpc) is 3.10. The predicted molar refractivity (Wildman–Crippen MR) is 99.1 cm³/mol. The molecule has 1 N–H and O–H groups in total. The van der Waals surface area contributed by atoms with Gasteiger partial charge in [-0.05, 0) is 19.1 Å². The largest absolute Gasteiger partial charge is 0.343 e. The number of carbonyl (C=O) groups is 2. The van der Waals surface area contributed by atoms with Gasteiger partial charge in [-0.3, -0.25) is 9.59 Å². The predicted octanol–water partition coefficient (Wildman–Crippen LogP) is 0.473. The molecule has 9 heteroatoms. The van der Waals surface area contributed by atoms with Crippen molar-refractivity contribution in [3.05, 3.63) is 48.8 Å². The van der Waals surface area contributed by atoms with Gasteiger partial charge in [0.05, 0.1) is 35.5 Å². The summed E-state index contributed by atoms with van der Waals surface area (Å²) in [5.74, 6) is -0.811. The molecule has 0 atom stereocenters. The Morgan fingerprint density at radius 3 is 2.65 bits per heavy atom. The molecule has 0 radical (unpaired) electrons. The monoisotopic (exact) mass is 378 g/mol. The number of nitrogens with zero attached hydrogens (tertiary/aromatic N) is 3. The van der Waals surface area contributed by atoms with Crippen LogP contribution in [-0.2, 0) is 14.6 Å². The maximum absolute atomic E-state index is 12.2. The van der Waals surface area contributed by atoms with Gasteiger partial charge in [0.15, 0.2) is 9.84 Å². The maximum Gasteiger partial charge on any atom is 0.254 e.